The molecule has 0 saturated carbocycles. The lowest BCUT2D eigenvalue weighted by Gasteiger charge is -2.14. The van der Waals surface area contributed by atoms with Crippen LogP contribution in [0.2, 0.25) is 0 Å². The van der Waals surface area contributed by atoms with Crippen LogP contribution in [0.4, 0.5) is 5.00 Å². The molecule has 2 aromatic heterocycles. The summed E-state index contributed by atoms with van der Waals surface area (Å²) in [5.41, 5.74) is 2.68. The number of amides is 1. The van der Waals surface area contributed by atoms with E-state index in [4.69, 9.17) is 9.47 Å². The molecule has 2 heterocycles. The van der Waals surface area contributed by atoms with Crippen LogP contribution in [0.3, 0.4) is 0 Å². The highest BCUT2D eigenvalue weighted by atomic mass is 32.2. The molecule has 0 aliphatic heterocycles. The fourth-order valence-corrected chi connectivity index (χ4v) is 6.25. The van der Waals surface area contributed by atoms with Gasteiger partial charge in [0.1, 0.15) is 17.4 Å². The molecule has 8 nitrogen and oxygen atoms in total. The fourth-order valence-electron chi connectivity index (χ4n) is 4.14. The number of benzene rings is 1. The van der Waals surface area contributed by atoms with E-state index in [0.29, 0.717) is 34.7 Å². The smallest absolute Gasteiger partial charge is 0.341 e. The van der Waals surface area contributed by atoms with Crippen molar-refractivity contribution in [1.82, 2.24) is 14.8 Å². The molecule has 1 amide bonds. The highest BCUT2D eigenvalue weighted by molar-refractivity contribution is 7.99. The zero-order chi connectivity index (χ0) is 25.7. The molecule has 4 rings (SSSR count). The largest absolute Gasteiger partial charge is 0.486 e. The van der Waals surface area contributed by atoms with Gasteiger partial charge in [-0.15, -0.1) is 21.5 Å². The van der Waals surface area contributed by atoms with Crippen LogP contribution < -0.4 is 10.1 Å². The molecule has 1 aliphatic rings. The lowest BCUT2D eigenvalue weighted by atomic mass is 9.95. The van der Waals surface area contributed by atoms with Gasteiger partial charge >= 0.3 is 5.97 Å². The second-order valence-corrected chi connectivity index (χ2v) is 11.0. The third-order valence-electron chi connectivity index (χ3n) is 5.77. The predicted molar refractivity (Wildman–Crippen MR) is 142 cm³/mol. The van der Waals surface area contributed by atoms with Crippen LogP contribution in [-0.2, 0) is 35.5 Å². The molecule has 0 unspecified atom stereocenters. The number of nitrogens with one attached hydrogen (secondary N) is 1. The van der Waals surface area contributed by atoms with E-state index in [-0.39, 0.29) is 23.7 Å². The van der Waals surface area contributed by atoms with E-state index in [1.54, 1.807) is 0 Å². The number of ether oxygens (including phenoxy) is 2. The van der Waals surface area contributed by atoms with Crippen LogP contribution in [0.5, 0.6) is 5.75 Å². The van der Waals surface area contributed by atoms with Crippen molar-refractivity contribution < 1.29 is 19.1 Å². The van der Waals surface area contributed by atoms with Crippen molar-refractivity contribution in [2.24, 2.45) is 0 Å². The van der Waals surface area contributed by atoms with Crippen molar-refractivity contribution in [1.29, 1.82) is 0 Å². The highest BCUT2D eigenvalue weighted by Gasteiger charge is 2.28. The maximum atomic E-state index is 12.9. The second kappa shape index (κ2) is 11.9. The molecule has 0 bridgehead atoms. The highest BCUT2D eigenvalue weighted by Crippen LogP contribution is 2.39. The van der Waals surface area contributed by atoms with E-state index in [9.17, 15) is 9.59 Å². The first-order valence-electron chi connectivity index (χ1n) is 12.2. The number of aromatic nitrogens is 3. The molecular weight excluding hydrogens is 496 g/mol. The molecule has 10 heteroatoms. The van der Waals surface area contributed by atoms with Gasteiger partial charge in [0.15, 0.2) is 11.0 Å². The summed E-state index contributed by atoms with van der Waals surface area (Å²) in [5.74, 6) is 1.07. The van der Waals surface area contributed by atoms with E-state index in [2.05, 4.69) is 15.5 Å². The van der Waals surface area contributed by atoms with Crippen molar-refractivity contribution >= 4 is 40.0 Å². The Morgan fingerprint density at radius 3 is 2.78 bits per heavy atom. The molecule has 0 atom stereocenters. The van der Waals surface area contributed by atoms with E-state index < -0.39 is 0 Å². The summed E-state index contributed by atoms with van der Waals surface area (Å²) >= 11 is 2.81. The van der Waals surface area contributed by atoms with Gasteiger partial charge in [-0.2, -0.15) is 0 Å². The van der Waals surface area contributed by atoms with Crippen molar-refractivity contribution in [3.63, 3.8) is 0 Å². The number of thiophene rings is 1. The number of hydrogen-bond donors (Lipinski definition) is 1. The van der Waals surface area contributed by atoms with Gasteiger partial charge in [0.05, 0.1) is 17.4 Å². The van der Waals surface area contributed by atoms with Crippen molar-refractivity contribution in [2.75, 3.05) is 11.1 Å². The summed E-state index contributed by atoms with van der Waals surface area (Å²) in [6.45, 7) is 8.63. The van der Waals surface area contributed by atoms with E-state index in [0.717, 1.165) is 42.6 Å². The third kappa shape index (κ3) is 6.28. The summed E-state index contributed by atoms with van der Waals surface area (Å²) in [4.78, 5) is 26.9. The normalized spacial score (nSPS) is 12.9. The lowest BCUT2D eigenvalue weighted by molar-refractivity contribution is -0.113. The fraction of sp³-hybridized carbons (Fsp3) is 0.462. The van der Waals surface area contributed by atoms with E-state index in [1.807, 2.05) is 56.5 Å². The van der Waals surface area contributed by atoms with Gasteiger partial charge < -0.3 is 19.4 Å². The number of carbonyl (C=O) groups is 2. The number of hydrogen-bond acceptors (Lipinski definition) is 8. The van der Waals surface area contributed by atoms with E-state index in [1.165, 1.54) is 28.0 Å². The van der Waals surface area contributed by atoms with Gasteiger partial charge in [-0.25, -0.2) is 4.79 Å². The molecule has 3 aromatic rings. The van der Waals surface area contributed by atoms with E-state index >= 15 is 0 Å². The van der Waals surface area contributed by atoms with Crippen molar-refractivity contribution in [2.45, 2.75) is 77.8 Å². The van der Waals surface area contributed by atoms with Gasteiger partial charge in [-0.3, -0.25) is 4.79 Å². The van der Waals surface area contributed by atoms with Gasteiger partial charge in [0.2, 0.25) is 5.91 Å². The molecule has 192 valence electrons. The molecule has 36 heavy (non-hydrogen) atoms. The molecule has 0 fully saturated rings. The molecule has 1 aromatic carbocycles. The zero-order valence-electron chi connectivity index (χ0n) is 21.1. The Morgan fingerprint density at radius 1 is 1.22 bits per heavy atom. The molecule has 0 spiro atoms. The SMILES string of the molecule is CCn1c(COc2cccc(C)c2)nnc1SCC(=O)Nc1sc2c(c1C(=O)OC(C)C)CCCC2. The number of thioether (sulfide) groups is 1. The quantitative estimate of drug-likeness (QED) is 0.277. The summed E-state index contributed by atoms with van der Waals surface area (Å²) in [6, 6.07) is 7.85. The van der Waals surface area contributed by atoms with Crippen molar-refractivity contribution in [3.05, 3.63) is 51.7 Å². The average Bonchev–Trinajstić information content (AvgIpc) is 3.41. The summed E-state index contributed by atoms with van der Waals surface area (Å²) < 4.78 is 13.3. The summed E-state index contributed by atoms with van der Waals surface area (Å²) in [6.07, 6.45) is 3.68. The standard InChI is InChI=1S/C26H32N4O4S2/c1-5-30-21(14-33-18-10-8-9-17(4)13-18)28-29-26(30)35-15-22(31)27-24-23(25(32)34-16(2)3)19-11-6-7-12-20(19)36-24/h8-10,13,16H,5-7,11-12,14-15H2,1-4H3,(H,27,31). The first kappa shape index (κ1) is 26.2. The third-order valence-corrected chi connectivity index (χ3v) is 7.94. The average molecular weight is 529 g/mol. The first-order valence-corrected chi connectivity index (χ1v) is 14.1. The van der Waals surface area contributed by atoms with Gasteiger partial charge in [0, 0.05) is 11.4 Å². The summed E-state index contributed by atoms with van der Waals surface area (Å²) in [5, 5.41) is 12.7. The Hall–Kier alpha value is -2.85. The van der Waals surface area contributed by atoms with Crippen LogP contribution in [0.1, 0.15) is 65.8 Å². The molecule has 1 aliphatic carbocycles. The maximum absolute atomic E-state index is 12.9. The Balaban J connectivity index is 1.41. The minimum absolute atomic E-state index is 0.151. The Morgan fingerprint density at radius 2 is 2.03 bits per heavy atom. The van der Waals surface area contributed by atoms with Gasteiger partial charge in [0.25, 0.3) is 0 Å². The molecule has 0 saturated heterocycles. The van der Waals surface area contributed by atoms with Crippen LogP contribution in [0.15, 0.2) is 29.4 Å². The van der Waals surface area contributed by atoms with Gasteiger partial charge in [-0.1, -0.05) is 23.9 Å². The van der Waals surface area contributed by atoms with Crippen LogP contribution in [-0.4, -0.2) is 38.5 Å². The number of carbonyl (C=O) groups excluding carboxylic acids is 2. The Bertz CT molecular complexity index is 1230. The molecule has 1 N–H and O–H groups in total. The topological polar surface area (TPSA) is 95.3 Å². The van der Waals surface area contributed by atoms with Crippen molar-refractivity contribution in [3.8, 4) is 5.75 Å². The number of rotatable bonds is 10. The zero-order valence-corrected chi connectivity index (χ0v) is 22.8. The van der Waals surface area contributed by atoms with Crippen LogP contribution >= 0.6 is 23.1 Å². The maximum Gasteiger partial charge on any atom is 0.341 e. The Kier molecular flexibility index (Phi) is 8.68. The Labute approximate surface area is 219 Å². The number of esters is 1. The number of aryl methyl sites for hydroxylation is 2. The lowest BCUT2D eigenvalue weighted by Crippen LogP contribution is -2.19. The van der Waals surface area contributed by atoms with Crippen LogP contribution in [0.25, 0.3) is 0 Å². The number of fused-ring (bicyclic) bond motifs is 1. The minimum atomic E-state index is -0.365. The predicted octanol–water partition coefficient (Wildman–Crippen LogP) is 5.42. The monoisotopic (exact) mass is 528 g/mol. The number of anilines is 1. The van der Waals surface area contributed by atoms with Crippen LogP contribution in [0, 0.1) is 6.92 Å². The molecular formula is C26H32N4O4S2. The number of nitrogens with zero attached hydrogens (tertiary/aromatic N) is 3. The minimum Gasteiger partial charge on any atom is -0.486 e. The van der Waals surface area contributed by atoms with Gasteiger partial charge in [-0.05, 0) is 76.6 Å². The summed E-state index contributed by atoms with van der Waals surface area (Å²) in [7, 11) is 0. The first-order chi connectivity index (χ1) is 17.4. The molecule has 0 radical (unpaired) electrons. The second-order valence-electron chi connectivity index (χ2n) is 8.95.